The van der Waals surface area contributed by atoms with Crippen molar-refractivity contribution in [3.63, 3.8) is 0 Å². The van der Waals surface area contributed by atoms with Gasteiger partial charge in [0.1, 0.15) is 5.67 Å². The van der Waals surface area contributed by atoms with Gasteiger partial charge in [-0.3, -0.25) is 0 Å². The Hall–Kier alpha value is -0.306. The topological polar surface area (TPSA) is 57.1 Å². The van der Waals surface area contributed by atoms with Crippen LogP contribution in [0, 0.1) is 0 Å². The average molecular weight is 279 g/mol. The van der Waals surface area contributed by atoms with Crippen LogP contribution in [0.25, 0.3) is 0 Å². The smallest absolute Gasteiger partial charge is 0.372 e. The van der Waals surface area contributed by atoms with Crippen molar-refractivity contribution >= 4 is 25.8 Å². The number of rotatable bonds is 9. The number of nitrogens with zero attached hydrogens (tertiary/aromatic N) is 1. The van der Waals surface area contributed by atoms with E-state index in [1.165, 1.54) is 0 Å². The van der Waals surface area contributed by atoms with Crippen molar-refractivity contribution in [2.24, 2.45) is 4.99 Å². The van der Waals surface area contributed by atoms with E-state index in [1.54, 1.807) is 6.08 Å². The van der Waals surface area contributed by atoms with E-state index < -0.39 is 8.80 Å². The van der Waals surface area contributed by atoms with Gasteiger partial charge in [-0.15, -0.1) is 0 Å². The van der Waals surface area contributed by atoms with E-state index >= 15 is 0 Å². The van der Waals surface area contributed by atoms with Crippen molar-refractivity contribution in [3.8, 4) is 0 Å². The Balaban J connectivity index is 0. The van der Waals surface area contributed by atoms with Crippen LogP contribution in [-0.2, 0) is 18.1 Å². The molecule has 1 unspecified atom stereocenters. The molecule has 0 aliphatic carbocycles. The summed E-state index contributed by atoms with van der Waals surface area (Å²) in [7, 11) is -2.88. The van der Waals surface area contributed by atoms with Gasteiger partial charge in [0.2, 0.25) is 6.08 Å². The zero-order chi connectivity index (χ0) is 12.4. The number of aliphatic imine (C=N–C) groups is 1. The van der Waals surface area contributed by atoms with Gasteiger partial charge in [-0.1, -0.05) is 6.92 Å². The lowest BCUT2D eigenvalue weighted by molar-refractivity contribution is 0.0621. The molecule has 0 saturated heterocycles. The van der Waals surface area contributed by atoms with Gasteiger partial charge >= 0.3 is 8.80 Å². The van der Waals surface area contributed by atoms with E-state index in [1.807, 2.05) is 27.7 Å². The van der Waals surface area contributed by atoms with E-state index in [-0.39, 0.29) is 16.6 Å². The van der Waals surface area contributed by atoms with Crippen LogP contribution in [-0.4, -0.2) is 51.3 Å². The Morgan fingerprint density at radius 1 is 1.06 bits per heavy atom. The zero-order valence-corrected chi connectivity index (χ0v) is 11.5. The highest BCUT2D eigenvalue weighted by molar-refractivity contribution is 6.62. The first-order valence-electron chi connectivity index (χ1n) is 5.69. The molecule has 102 valence electrons. The summed E-state index contributed by atoms with van der Waals surface area (Å²) in [6, 6.07) is 0. The second-order valence-corrected chi connectivity index (χ2v) is 5.79. The van der Waals surface area contributed by atoms with Gasteiger partial charge in [-0.25, -0.2) is 4.79 Å². The minimum atomic E-state index is -2.88. The van der Waals surface area contributed by atoms with E-state index in [0.717, 1.165) is 0 Å². The summed E-state index contributed by atoms with van der Waals surface area (Å²) in [4.78, 5) is 14.1. The average Bonchev–Trinajstić information content (AvgIpc) is 2.26. The fraction of sp³-hybridized carbons (Fsp3) is 0.900. The summed E-state index contributed by atoms with van der Waals surface area (Å²) < 4.78 is 16.9. The summed E-state index contributed by atoms with van der Waals surface area (Å²) in [6.07, 6.45) is 2.21. The molecule has 0 fully saturated rings. The molecule has 1 atom stereocenters. The van der Waals surface area contributed by atoms with Gasteiger partial charge in [0.25, 0.3) is 0 Å². The van der Waals surface area contributed by atoms with E-state index in [2.05, 4.69) is 4.99 Å². The molecular formula is C10H25NO4Si2. The third kappa shape index (κ3) is 5.71. The first kappa shape index (κ1) is 19.0. The van der Waals surface area contributed by atoms with Gasteiger partial charge in [0.15, 0.2) is 0 Å². The maximum atomic E-state index is 10.4. The molecule has 0 aromatic rings. The van der Waals surface area contributed by atoms with Gasteiger partial charge in [-0.2, -0.15) is 4.99 Å². The van der Waals surface area contributed by atoms with Crippen LogP contribution in [0.1, 0.15) is 34.1 Å². The minimum absolute atomic E-state index is 0. The number of hydrogen-bond donors (Lipinski definition) is 0. The van der Waals surface area contributed by atoms with Crippen molar-refractivity contribution in [1.82, 2.24) is 0 Å². The molecule has 0 bridgehead atoms. The van der Waals surface area contributed by atoms with Gasteiger partial charge in [0, 0.05) is 19.8 Å². The van der Waals surface area contributed by atoms with Crippen LogP contribution in [0.3, 0.4) is 0 Å². The van der Waals surface area contributed by atoms with Crippen molar-refractivity contribution in [1.29, 1.82) is 0 Å². The Bertz CT molecular complexity index is 217. The highest BCUT2D eigenvalue weighted by Gasteiger charge is 2.49. The standard InChI is InChI=1S/C10H21NO4Si.H4Si/c1-5-10(11-9-12)16(13-6-2,14-7-3)15-8-4;/h10H,5-8H2,1-4H3;1H4. The third-order valence-electron chi connectivity index (χ3n) is 2.04. The Morgan fingerprint density at radius 2 is 1.47 bits per heavy atom. The van der Waals surface area contributed by atoms with Crippen molar-refractivity contribution in [2.75, 3.05) is 19.8 Å². The molecule has 0 aromatic carbocycles. The predicted molar refractivity (Wildman–Crippen MR) is 74.2 cm³/mol. The highest BCUT2D eigenvalue weighted by atomic mass is 28.4. The van der Waals surface area contributed by atoms with Crippen molar-refractivity contribution in [3.05, 3.63) is 0 Å². The maximum Gasteiger partial charge on any atom is 0.527 e. The Labute approximate surface area is 109 Å². The number of hydrogen-bond acceptors (Lipinski definition) is 5. The van der Waals surface area contributed by atoms with E-state index in [0.29, 0.717) is 26.2 Å². The minimum Gasteiger partial charge on any atom is -0.372 e. The molecule has 5 nitrogen and oxygen atoms in total. The summed E-state index contributed by atoms with van der Waals surface area (Å²) >= 11 is 0. The maximum absolute atomic E-state index is 10.4. The summed E-state index contributed by atoms with van der Waals surface area (Å²) in [5.41, 5.74) is -0.357. The van der Waals surface area contributed by atoms with Crippen LogP contribution in [0.15, 0.2) is 4.99 Å². The molecule has 0 aliphatic heterocycles. The largest absolute Gasteiger partial charge is 0.527 e. The fourth-order valence-corrected chi connectivity index (χ4v) is 4.25. The summed E-state index contributed by atoms with van der Waals surface area (Å²) in [5.74, 6) is 0. The van der Waals surface area contributed by atoms with Gasteiger partial charge in [-0.05, 0) is 38.2 Å². The van der Waals surface area contributed by atoms with Gasteiger partial charge < -0.3 is 13.3 Å². The molecule has 0 saturated carbocycles. The monoisotopic (exact) mass is 279 g/mol. The zero-order valence-electron chi connectivity index (χ0n) is 10.5. The molecule has 0 radical (unpaired) electrons. The molecule has 17 heavy (non-hydrogen) atoms. The highest BCUT2D eigenvalue weighted by Crippen LogP contribution is 2.20. The van der Waals surface area contributed by atoms with Crippen molar-refractivity contribution < 1.29 is 18.1 Å². The molecule has 0 aromatic heterocycles. The SMILES string of the molecule is CCO[Si](OCC)(OCC)C(CC)N=C=O.[SiH4]. The second kappa shape index (κ2) is 10.8. The molecule has 0 spiro atoms. The Kier molecular flexibility index (Phi) is 12.1. The second-order valence-electron chi connectivity index (χ2n) is 3.05. The number of isocyanates is 1. The predicted octanol–water partition coefficient (Wildman–Crippen LogP) is 0.237. The summed E-state index contributed by atoms with van der Waals surface area (Å²) in [5, 5.41) is 0. The van der Waals surface area contributed by atoms with Gasteiger partial charge in [0.05, 0.1) is 0 Å². The lowest BCUT2D eigenvalue weighted by atomic mass is 10.5. The van der Waals surface area contributed by atoms with Crippen LogP contribution in [0.2, 0.25) is 0 Å². The molecule has 0 aliphatic rings. The molecular weight excluding hydrogens is 254 g/mol. The molecule has 0 N–H and O–H groups in total. The molecule has 0 heterocycles. The fourth-order valence-electron chi connectivity index (χ4n) is 1.50. The van der Waals surface area contributed by atoms with E-state index in [9.17, 15) is 4.79 Å². The third-order valence-corrected chi connectivity index (χ3v) is 5.47. The van der Waals surface area contributed by atoms with Crippen molar-refractivity contribution in [2.45, 2.75) is 39.8 Å². The lowest BCUT2D eigenvalue weighted by Crippen LogP contribution is -2.55. The molecule has 0 amide bonds. The summed E-state index contributed by atoms with van der Waals surface area (Å²) in [6.45, 7) is 8.99. The van der Waals surface area contributed by atoms with E-state index in [4.69, 9.17) is 13.3 Å². The van der Waals surface area contributed by atoms with Crippen LogP contribution < -0.4 is 0 Å². The van der Waals surface area contributed by atoms with Crippen LogP contribution in [0.4, 0.5) is 0 Å². The van der Waals surface area contributed by atoms with Crippen LogP contribution >= 0.6 is 0 Å². The molecule has 7 heteroatoms. The molecule has 0 rings (SSSR count). The quantitative estimate of drug-likeness (QED) is 0.345. The normalized spacial score (nSPS) is 12.5. The lowest BCUT2D eigenvalue weighted by Gasteiger charge is -2.31. The Morgan fingerprint density at radius 3 is 1.71 bits per heavy atom. The first-order chi connectivity index (χ1) is 7.70. The first-order valence-corrected chi connectivity index (χ1v) is 7.49. The van der Waals surface area contributed by atoms with Crippen LogP contribution in [0.5, 0.6) is 0 Å². The number of carbonyl (C=O) groups excluding carboxylic acids is 1.